The van der Waals surface area contributed by atoms with Gasteiger partial charge in [0.15, 0.2) is 18.1 Å². The highest BCUT2D eigenvalue weighted by Crippen LogP contribution is 2.33. The summed E-state index contributed by atoms with van der Waals surface area (Å²) in [6.45, 7) is -0.0135. The van der Waals surface area contributed by atoms with E-state index in [0.29, 0.717) is 28.4 Å². The summed E-state index contributed by atoms with van der Waals surface area (Å²) in [5.74, 6) is 1.03. The zero-order valence-electron chi connectivity index (χ0n) is 13.1. The van der Waals surface area contributed by atoms with Gasteiger partial charge in [-0.25, -0.2) is 0 Å². The van der Waals surface area contributed by atoms with Crippen LogP contribution in [0.2, 0.25) is 0 Å². The molecule has 6 nitrogen and oxygen atoms in total. The Morgan fingerprint density at radius 2 is 1.96 bits per heavy atom. The Labute approximate surface area is 144 Å². The summed E-state index contributed by atoms with van der Waals surface area (Å²) in [7, 11) is 0. The second-order valence-electron chi connectivity index (χ2n) is 5.05. The van der Waals surface area contributed by atoms with Crippen molar-refractivity contribution >= 4 is 11.9 Å². The normalized spacial score (nSPS) is 12.2. The van der Waals surface area contributed by atoms with Crippen molar-refractivity contribution in [3.63, 3.8) is 0 Å². The second-order valence-corrected chi connectivity index (χ2v) is 5.05. The topological polar surface area (TPSA) is 92.3 Å². The van der Waals surface area contributed by atoms with Gasteiger partial charge in [-0.15, -0.1) is 0 Å². The summed E-state index contributed by atoms with van der Waals surface area (Å²) in [6, 6.07) is 15.4. The Morgan fingerprint density at radius 3 is 2.76 bits per heavy atom. The smallest absolute Gasteiger partial charge is 0.231 e. The maximum atomic E-state index is 12.6. The average Bonchev–Trinajstić information content (AvgIpc) is 3.12. The van der Waals surface area contributed by atoms with Crippen molar-refractivity contribution in [2.75, 3.05) is 13.4 Å². The predicted octanol–water partition coefficient (Wildman–Crippen LogP) is 3.11. The molecule has 0 saturated heterocycles. The summed E-state index contributed by atoms with van der Waals surface area (Å²) in [5.41, 5.74) is 0.822. The van der Waals surface area contributed by atoms with Crippen LogP contribution in [0.4, 0.5) is 0 Å². The average molecular weight is 332 g/mol. The number of ether oxygens (including phenoxy) is 3. The molecule has 3 rings (SSSR count). The minimum absolute atomic E-state index is 0.0492. The van der Waals surface area contributed by atoms with Crippen LogP contribution in [0.3, 0.4) is 0 Å². The van der Waals surface area contributed by atoms with Gasteiger partial charge in [-0.2, -0.15) is 10.5 Å². The molecule has 1 aliphatic rings. The number of ketones is 1. The van der Waals surface area contributed by atoms with Gasteiger partial charge in [0.1, 0.15) is 23.5 Å². The third kappa shape index (κ3) is 3.44. The van der Waals surface area contributed by atoms with Crippen molar-refractivity contribution in [2.24, 2.45) is 0 Å². The van der Waals surface area contributed by atoms with Crippen LogP contribution in [0.5, 0.6) is 17.2 Å². The molecule has 0 spiro atoms. The third-order valence-electron chi connectivity index (χ3n) is 3.51. The number of hydrogen-bond donors (Lipinski definition) is 0. The summed E-state index contributed by atoms with van der Waals surface area (Å²) >= 11 is 0. The maximum Gasteiger partial charge on any atom is 0.231 e. The van der Waals surface area contributed by atoms with Gasteiger partial charge in [0.2, 0.25) is 12.6 Å². The Bertz CT molecular complexity index is 935. The van der Waals surface area contributed by atoms with Gasteiger partial charge in [-0.3, -0.25) is 4.79 Å². The quantitative estimate of drug-likeness (QED) is 0.474. The number of benzene rings is 2. The highest BCUT2D eigenvalue weighted by molar-refractivity contribution is 6.14. The lowest BCUT2D eigenvalue weighted by Crippen LogP contribution is -2.02. The van der Waals surface area contributed by atoms with E-state index in [1.54, 1.807) is 42.5 Å². The molecule has 0 unspecified atom stereocenters. The van der Waals surface area contributed by atoms with E-state index in [2.05, 4.69) is 0 Å². The summed E-state index contributed by atoms with van der Waals surface area (Å²) in [6.07, 6.45) is 1.44. The number of Topliss-reactive ketones (excluding diaryl/α,β-unsaturated/α-hetero) is 1. The van der Waals surface area contributed by atoms with Gasteiger partial charge in [0.05, 0.1) is 0 Å². The SMILES string of the molecule is N#CCOc1ccccc1/C=C(/C#N)C(=O)c1ccc2c(c1)OCO2. The van der Waals surface area contributed by atoms with E-state index in [9.17, 15) is 10.1 Å². The number of nitriles is 2. The van der Waals surface area contributed by atoms with Crippen molar-refractivity contribution in [3.05, 3.63) is 59.2 Å². The first-order chi connectivity index (χ1) is 12.2. The van der Waals surface area contributed by atoms with E-state index in [0.717, 1.165) is 0 Å². The van der Waals surface area contributed by atoms with E-state index in [4.69, 9.17) is 19.5 Å². The third-order valence-corrected chi connectivity index (χ3v) is 3.51. The zero-order chi connectivity index (χ0) is 17.6. The van der Waals surface area contributed by atoms with E-state index < -0.39 is 5.78 Å². The molecule has 1 heterocycles. The highest BCUT2D eigenvalue weighted by atomic mass is 16.7. The van der Waals surface area contributed by atoms with Gasteiger partial charge in [0.25, 0.3) is 0 Å². The first-order valence-electron chi connectivity index (χ1n) is 7.38. The maximum absolute atomic E-state index is 12.6. The predicted molar refractivity (Wildman–Crippen MR) is 88.0 cm³/mol. The molecule has 2 aromatic carbocycles. The van der Waals surface area contributed by atoms with Crippen molar-refractivity contribution in [1.29, 1.82) is 10.5 Å². The number of rotatable bonds is 5. The highest BCUT2D eigenvalue weighted by Gasteiger charge is 2.19. The van der Waals surface area contributed by atoms with E-state index >= 15 is 0 Å². The zero-order valence-corrected chi connectivity index (χ0v) is 13.1. The molecule has 0 N–H and O–H groups in total. The van der Waals surface area contributed by atoms with Gasteiger partial charge in [0, 0.05) is 11.1 Å². The second kappa shape index (κ2) is 7.20. The summed E-state index contributed by atoms with van der Waals surface area (Å²) in [5, 5.41) is 18.0. The standard InChI is InChI=1S/C19H12N2O4/c20-7-8-23-16-4-2-1-3-13(16)9-15(11-21)19(22)14-5-6-17-18(10-14)25-12-24-17/h1-6,9-10H,8,12H2/b15-9-. The number of hydrogen-bond acceptors (Lipinski definition) is 6. The molecule has 0 aliphatic carbocycles. The van der Waals surface area contributed by atoms with Crippen LogP contribution in [-0.2, 0) is 0 Å². The molecular formula is C19H12N2O4. The number of carbonyl (C=O) groups excluding carboxylic acids is 1. The van der Waals surface area contributed by atoms with Crippen molar-refractivity contribution < 1.29 is 19.0 Å². The number of carbonyl (C=O) groups is 1. The first kappa shape index (κ1) is 16.1. The molecule has 25 heavy (non-hydrogen) atoms. The number of para-hydroxylation sites is 1. The number of nitrogens with zero attached hydrogens (tertiary/aromatic N) is 2. The largest absolute Gasteiger partial charge is 0.478 e. The molecule has 122 valence electrons. The fourth-order valence-corrected chi connectivity index (χ4v) is 2.34. The Balaban J connectivity index is 1.92. The Hall–Kier alpha value is -3.77. The van der Waals surface area contributed by atoms with Crippen LogP contribution in [0.1, 0.15) is 15.9 Å². The van der Waals surface area contributed by atoms with Crippen LogP contribution >= 0.6 is 0 Å². The van der Waals surface area contributed by atoms with Crippen LogP contribution in [0.25, 0.3) is 6.08 Å². The molecule has 6 heteroatoms. The fourth-order valence-electron chi connectivity index (χ4n) is 2.34. The van der Waals surface area contributed by atoms with E-state index in [1.165, 1.54) is 6.08 Å². The van der Waals surface area contributed by atoms with Crippen molar-refractivity contribution in [2.45, 2.75) is 0 Å². The molecule has 0 amide bonds. The lowest BCUT2D eigenvalue weighted by atomic mass is 10.0. The molecular weight excluding hydrogens is 320 g/mol. The molecule has 1 aliphatic heterocycles. The molecule has 0 aromatic heterocycles. The van der Waals surface area contributed by atoms with E-state index in [1.807, 2.05) is 12.1 Å². The van der Waals surface area contributed by atoms with Crippen LogP contribution in [0, 0.1) is 22.7 Å². The van der Waals surface area contributed by atoms with Gasteiger partial charge >= 0.3 is 0 Å². The lowest BCUT2D eigenvalue weighted by molar-refractivity contribution is 0.103. The molecule has 0 bridgehead atoms. The molecule has 0 radical (unpaired) electrons. The van der Waals surface area contributed by atoms with Gasteiger partial charge in [-0.05, 0) is 30.3 Å². The monoisotopic (exact) mass is 332 g/mol. The molecule has 0 atom stereocenters. The van der Waals surface area contributed by atoms with Gasteiger partial charge < -0.3 is 14.2 Å². The van der Waals surface area contributed by atoms with Crippen LogP contribution in [0.15, 0.2) is 48.0 Å². The Morgan fingerprint density at radius 1 is 1.16 bits per heavy atom. The first-order valence-corrected chi connectivity index (χ1v) is 7.38. The van der Waals surface area contributed by atoms with E-state index in [-0.39, 0.29) is 19.0 Å². The van der Waals surface area contributed by atoms with Crippen molar-refractivity contribution in [1.82, 2.24) is 0 Å². The van der Waals surface area contributed by atoms with Crippen molar-refractivity contribution in [3.8, 4) is 29.4 Å². The molecule has 0 saturated carbocycles. The number of fused-ring (bicyclic) bond motifs is 1. The molecule has 2 aromatic rings. The van der Waals surface area contributed by atoms with Crippen LogP contribution in [-0.4, -0.2) is 19.2 Å². The summed E-state index contributed by atoms with van der Waals surface area (Å²) in [4.78, 5) is 12.6. The number of allylic oxidation sites excluding steroid dienone is 1. The fraction of sp³-hybridized carbons (Fsp3) is 0.105. The minimum atomic E-state index is -0.434. The molecule has 0 fully saturated rings. The van der Waals surface area contributed by atoms with Crippen LogP contribution < -0.4 is 14.2 Å². The Kier molecular flexibility index (Phi) is 4.64. The minimum Gasteiger partial charge on any atom is -0.478 e. The summed E-state index contributed by atoms with van der Waals surface area (Å²) < 4.78 is 15.8. The van der Waals surface area contributed by atoms with Gasteiger partial charge in [-0.1, -0.05) is 18.2 Å². The lowest BCUT2D eigenvalue weighted by Gasteiger charge is -2.06.